The minimum atomic E-state index is -0.669. The fraction of sp³-hybridized carbons (Fsp3) is 0.176. The summed E-state index contributed by atoms with van der Waals surface area (Å²) in [5.74, 6) is -0.683. The van der Waals surface area contributed by atoms with E-state index >= 15 is 0 Å². The predicted octanol–water partition coefficient (Wildman–Crippen LogP) is 4.02. The van der Waals surface area contributed by atoms with Gasteiger partial charge in [0.2, 0.25) is 11.8 Å². The zero-order valence-electron chi connectivity index (χ0n) is 23.6. The number of hydrogen-bond donors (Lipinski definition) is 1. The Morgan fingerprint density at radius 2 is 1.42 bits per heavy atom. The Bertz CT molecular complexity index is 1780. The lowest BCUT2D eigenvalue weighted by Crippen LogP contribution is -2.41. The third-order valence-electron chi connectivity index (χ3n) is 7.06. The number of amides is 2. The summed E-state index contributed by atoms with van der Waals surface area (Å²) in [7, 11) is 0. The van der Waals surface area contributed by atoms with Crippen molar-refractivity contribution in [3.8, 4) is 5.75 Å². The van der Waals surface area contributed by atoms with Gasteiger partial charge in [0.25, 0.3) is 0 Å². The van der Waals surface area contributed by atoms with Gasteiger partial charge in [0.15, 0.2) is 5.78 Å². The number of ketones is 1. The van der Waals surface area contributed by atoms with Crippen LogP contribution in [0, 0.1) is 0 Å². The summed E-state index contributed by atoms with van der Waals surface area (Å²) in [4.78, 5) is 54.5. The van der Waals surface area contributed by atoms with Crippen LogP contribution in [0.5, 0.6) is 5.75 Å². The number of benzene rings is 4. The minimum absolute atomic E-state index is 0.142. The molecule has 0 aliphatic rings. The molecule has 0 radical (unpaired) electrons. The van der Waals surface area contributed by atoms with Crippen molar-refractivity contribution < 1.29 is 19.1 Å². The highest BCUT2D eigenvalue weighted by Gasteiger charge is 2.24. The molecule has 1 aromatic heterocycles. The number of rotatable bonds is 13. The summed E-state index contributed by atoms with van der Waals surface area (Å²) in [5.41, 5.74) is 7.51. The van der Waals surface area contributed by atoms with Gasteiger partial charge in [-0.3, -0.25) is 23.5 Å². The smallest absolute Gasteiger partial charge is 0.329 e. The number of aryl methyl sites for hydroxylation is 1. The van der Waals surface area contributed by atoms with Crippen molar-refractivity contribution in [3.63, 3.8) is 0 Å². The van der Waals surface area contributed by atoms with Crippen LogP contribution in [0.2, 0.25) is 0 Å². The molecule has 218 valence electrons. The monoisotopic (exact) mass is 576 g/mol. The zero-order chi connectivity index (χ0) is 30.2. The predicted molar refractivity (Wildman–Crippen MR) is 164 cm³/mol. The maximum Gasteiger partial charge on any atom is 0.329 e. The van der Waals surface area contributed by atoms with Gasteiger partial charge in [-0.2, -0.15) is 0 Å². The molecule has 0 fully saturated rings. The second-order valence-corrected chi connectivity index (χ2v) is 10.1. The Morgan fingerprint density at radius 3 is 2.09 bits per heavy atom. The molecule has 5 rings (SSSR count). The number of para-hydroxylation sites is 2. The van der Waals surface area contributed by atoms with Crippen LogP contribution in [-0.4, -0.2) is 44.8 Å². The molecule has 9 heteroatoms. The van der Waals surface area contributed by atoms with E-state index in [1.807, 2.05) is 66.7 Å². The third-order valence-corrected chi connectivity index (χ3v) is 7.06. The van der Waals surface area contributed by atoms with E-state index in [4.69, 9.17) is 10.5 Å². The molecule has 0 bridgehead atoms. The van der Waals surface area contributed by atoms with E-state index in [1.54, 1.807) is 47.0 Å². The van der Waals surface area contributed by atoms with Crippen molar-refractivity contribution in [1.29, 1.82) is 0 Å². The van der Waals surface area contributed by atoms with Crippen LogP contribution in [0.15, 0.2) is 114 Å². The Labute approximate surface area is 248 Å². The first-order valence-electron chi connectivity index (χ1n) is 14.0. The molecule has 43 heavy (non-hydrogen) atoms. The summed E-state index contributed by atoms with van der Waals surface area (Å²) in [6.07, 6.45) is 0.514. The van der Waals surface area contributed by atoms with Crippen LogP contribution in [0.3, 0.4) is 0 Å². The molecule has 0 spiro atoms. The maximum atomic E-state index is 13.9. The van der Waals surface area contributed by atoms with Gasteiger partial charge >= 0.3 is 5.69 Å². The molecule has 0 aliphatic carbocycles. The normalized spacial score (nSPS) is 10.9. The highest BCUT2D eigenvalue weighted by Crippen LogP contribution is 2.22. The zero-order valence-corrected chi connectivity index (χ0v) is 23.6. The Morgan fingerprint density at radius 1 is 0.767 bits per heavy atom. The summed E-state index contributed by atoms with van der Waals surface area (Å²) in [6.45, 7) is 0.133. The van der Waals surface area contributed by atoms with E-state index in [1.165, 1.54) is 9.47 Å². The average Bonchev–Trinajstić information content (AvgIpc) is 3.29. The van der Waals surface area contributed by atoms with Gasteiger partial charge in [-0.15, -0.1) is 0 Å². The lowest BCUT2D eigenvalue weighted by molar-refractivity contribution is -0.136. The van der Waals surface area contributed by atoms with Crippen LogP contribution in [0.1, 0.15) is 27.9 Å². The molecule has 5 aromatic rings. The van der Waals surface area contributed by atoms with Crippen LogP contribution in [0.4, 0.5) is 0 Å². The van der Waals surface area contributed by atoms with Crippen LogP contribution in [0.25, 0.3) is 11.0 Å². The second-order valence-electron chi connectivity index (χ2n) is 10.1. The second kappa shape index (κ2) is 13.5. The topological polar surface area (TPSA) is 117 Å². The van der Waals surface area contributed by atoms with Crippen molar-refractivity contribution in [3.05, 3.63) is 136 Å². The standard InChI is InChI=1S/C34H32N4O5/c35-30(39)23-36(22-25-12-4-1-5-13-25)31(40)24-38-32-28(33(41)26-14-6-2-7-15-26)18-10-19-29(32)37(34(38)42)20-11-21-43-27-16-8-3-9-17-27/h1-10,12-19H,11,20-24H2,(H2,35,39). The molecular weight excluding hydrogens is 544 g/mol. The SMILES string of the molecule is NC(=O)CN(Cc1ccccc1)C(=O)Cn1c(=O)n(CCCOc2ccccc2)c2cccc(C(=O)c3ccccc3)c21. The number of nitrogens with zero attached hydrogens (tertiary/aromatic N) is 3. The van der Waals surface area contributed by atoms with Gasteiger partial charge < -0.3 is 15.4 Å². The first-order chi connectivity index (χ1) is 20.9. The molecule has 0 unspecified atom stereocenters. The van der Waals surface area contributed by atoms with E-state index in [2.05, 4.69) is 0 Å². The molecular formula is C34H32N4O5. The number of primary amides is 1. The van der Waals surface area contributed by atoms with E-state index < -0.39 is 17.5 Å². The molecule has 0 aliphatic heterocycles. The lowest BCUT2D eigenvalue weighted by Gasteiger charge is -2.21. The van der Waals surface area contributed by atoms with E-state index in [0.29, 0.717) is 41.7 Å². The summed E-state index contributed by atoms with van der Waals surface area (Å²) in [5, 5.41) is 0. The van der Waals surface area contributed by atoms with Gasteiger partial charge in [-0.05, 0) is 36.2 Å². The summed E-state index contributed by atoms with van der Waals surface area (Å²) in [6, 6.07) is 32.5. The number of ether oxygens (including phenoxy) is 1. The molecule has 2 amide bonds. The van der Waals surface area contributed by atoms with Gasteiger partial charge in [-0.1, -0.05) is 84.9 Å². The number of fused-ring (bicyclic) bond motifs is 1. The van der Waals surface area contributed by atoms with E-state index in [-0.39, 0.29) is 25.4 Å². The van der Waals surface area contributed by atoms with Crippen molar-refractivity contribution in [2.24, 2.45) is 5.73 Å². The molecule has 0 saturated heterocycles. The number of imidazole rings is 1. The molecule has 1 heterocycles. The van der Waals surface area contributed by atoms with Gasteiger partial charge in [0.1, 0.15) is 12.3 Å². The highest BCUT2D eigenvalue weighted by molar-refractivity contribution is 6.15. The van der Waals surface area contributed by atoms with Gasteiger partial charge in [-0.25, -0.2) is 4.79 Å². The average molecular weight is 577 g/mol. The third kappa shape index (κ3) is 6.90. The van der Waals surface area contributed by atoms with E-state index in [9.17, 15) is 19.2 Å². The van der Waals surface area contributed by atoms with Crippen molar-refractivity contribution in [2.45, 2.75) is 26.1 Å². The van der Waals surface area contributed by atoms with Crippen molar-refractivity contribution >= 4 is 28.6 Å². The Kier molecular flexibility index (Phi) is 9.11. The van der Waals surface area contributed by atoms with Crippen LogP contribution in [-0.2, 0) is 29.2 Å². The van der Waals surface area contributed by atoms with Gasteiger partial charge in [0, 0.05) is 24.2 Å². The summed E-state index contributed by atoms with van der Waals surface area (Å²) >= 11 is 0. The van der Waals surface area contributed by atoms with Gasteiger partial charge in [0.05, 0.1) is 24.2 Å². The lowest BCUT2D eigenvalue weighted by atomic mass is 10.0. The molecule has 2 N–H and O–H groups in total. The van der Waals surface area contributed by atoms with E-state index in [0.717, 1.165) is 11.3 Å². The fourth-order valence-corrected chi connectivity index (χ4v) is 5.06. The first-order valence-corrected chi connectivity index (χ1v) is 14.0. The van der Waals surface area contributed by atoms with Crippen molar-refractivity contribution in [2.75, 3.05) is 13.2 Å². The highest BCUT2D eigenvalue weighted by atomic mass is 16.5. The molecule has 9 nitrogen and oxygen atoms in total. The molecule has 4 aromatic carbocycles. The first kappa shape index (κ1) is 29.1. The molecule has 0 saturated carbocycles. The Hall–Kier alpha value is -5.44. The van der Waals surface area contributed by atoms with Crippen LogP contribution < -0.4 is 16.2 Å². The summed E-state index contributed by atoms with van der Waals surface area (Å²) < 4.78 is 8.70. The minimum Gasteiger partial charge on any atom is -0.494 e. The number of hydrogen-bond acceptors (Lipinski definition) is 5. The van der Waals surface area contributed by atoms with Crippen molar-refractivity contribution in [1.82, 2.24) is 14.0 Å². The number of nitrogens with two attached hydrogens (primary N) is 1. The van der Waals surface area contributed by atoms with Crippen LogP contribution >= 0.6 is 0 Å². The number of aromatic nitrogens is 2. The maximum absolute atomic E-state index is 13.9. The number of carbonyl (C=O) groups is 3. The molecule has 0 atom stereocenters. The largest absolute Gasteiger partial charge is 0.494 e. The fourth-order valence-electron chi connectivity index (χ4n) is 5.06. The number of carbonyl (C=O) groups excluding carboxylic acids is 3. The quantitative estimate of drug-likeness (QED) is 0.168. The Balaban J connectivity index is 1.50.